The standard InChI is InChI=1S/C73H132O6/c1-4-7-10-13-16-19-22-25-28-30-32-34-36-37-39-40-42-45-48-51-54-57-60-63-66-72(75)78-69-70(68-77-71(74)65-62-59-56-53-50-47-44-27-24-21-18-15-12-9-6-3)79-73(76)67-64-61-58-55-52-49-46-43-41-38-35-33-31-29-26-23-20-17-14-11-8-5-2/h9,12,18,21,27,44,50,53,59,62,70H,4-8,10-11,13-17,19-20,22-26,28-43,45-49,51-52,54-58,60-61,63-69H2,1-3H3/b12-9-,21-18-,44-27-,53-50-,62-59-. The van der Waals surface area contributed by atoms with Crippen LogP contribution in [0.1, 0.15) is 367 Å². The molecular weight excluding hydrogens is 973 g/mol. The number of esters is 3. The Morgan fingerprint density at radius 3 is 0.772 bits per heavy atom. The largest absolute Gasteiger partial charge is 0.462 e. The molecule has 0 aromatic heterocycles. The normalized spacial score (nSPS) is 12.4. The summed E-state index contributed by atoms with van der Waals surface area (Å²) in [7, 11) is 0. The minimum Gasteiger partial charge on any atom is -0.462 e. The van der Waals surface area contributed by atoms with Gasteiger partial charge in [-0.2, -0.15) is 0 Å². The van der Waals surface area contributed by atoms with Gasteiger partial charge in [-0.25, -0.2) is 0 Å². The van der Waals surface area contributed by atoms with Gasteiger partial charge >= 0.3 is 17.9 Å². The molecule has 0 aliphatic carbocycles. The highest BCUT2D eigenvalue weighted by molar-refractivity contribution is 5.72. The van der Waals surface area contributed by atoms with Crippen LogP contribution >= 0.6 is 0 Å². The predicted molar refractivity (Wildman–Crippen MR) is 344 cm³/mol. The predicted octanol–water partition coefficient (Wildman–Crippen LogP) is 23.9. The lowest BCUT2D eigenvalue weighted by atomic mass is 10.0. The zero-order valence-corrected chi connectivity index (χ0v) is 52.9. The number of hydrogen-bond acceptors (Lipinski definition) is 6. The van der Waals surface area contributed by atoms with Crippen LogP contribution in [0.25, 0.3) is 0 Å². The number of unbranched alkanes of at least 4 members (excludes halogenated alkanes) is 44. The number of rotatable bonds is 64. The van der Waals surface area contributed by atoms with E-state index in [1.807, 2.05) is 12.2 Å². The molecule has 0 N–H and O–H groups in total. The number of carbonyl (C=O) groups excluding carboxylic acids is 3. The molecule has 0 bridgehead atoms. The fraction of sp³-hybridized carbons (Fsp3) is 0.822. The SMILES string of the molecule is CC/C=C\C/C=C\C/C=C\C/C=C\C/C=C\CC(=O)OCC(COC(=O)CCCCCCCCCCCCCCCCCCCCCCCCCC)OC(=O)CCCCCCCCCCCCCCCCCCCCCCCC. The van der Waals surface area contributed by atoms with Crippen LogP contribution in [-0.4, -0.2) is 37.2 Å². The van der Waals surface area contributed by atoms with Gasteiger partial charge in [-0.15, -0.1) is 0 Å². The average Bonchev–Trinajstić information content (AvgIpc) is 3.45. The van der Waals surface area contributed by atoms with Gasteiger partial charge in [-0.3, -0.25) is 14.4 Å². The molecule has 79 heavy (non-hydrogen) atoms. The zero-order valence-electron chi connectivity index (χ0n) is 52.9. The second kappa shape index (κ2) is 67.6. The van der Waals surface area contributed by atoms with E-state index in [9.17, 15) is 14.4 Å². The Hall–Kier alpha value is -2.89. The third-order valence-corrected chi connectivity index (χ3v) is 15.6. The summed E-state index contributed by atoms with van der Waals surface area (Å²) in [6.07, 6.45) is 87.1. The van der Waals surface area contributed by atoms with Crippen molar-refractivity contribution >= 4 is 17.9 Å². The fourth-order valence-electron chi connectivity index (χ4n) is 10.4. The monoisotopic (exact) mass is 1110 g/mol. The summed E-state index contributed by atoms with van der Waals surface area (Å²) >= 11 is 0. The molecule has 0 aromatic rings. The number of ether oxygens (including phenoxy) is 3. The van der Waals surface area contributed by atoms with Gasteiger partial charge in [0.2, 0.25) is 0 Å². The smallest absolute Gasteiger partial charge is 0.309 e. The molecule has 0 aliphatic heterocycles. The minimum atomic E-state index is -0.812. The molecule has 0 radical (unpaired) electrons. The lowest BCUT2D eigenvalue weighted by Crippen LogP contribution is -2.30. The Balaban J connectivity index is 4.32. The molecule has 0 aromatic carbocycles. The molecule has 0 spiro atoms. The van der Waals surface area contributed by atoms with Gasteiger partial charge in [0.15, 0.2) is 6.10 Å². The van der Waals surface area contributed by atoms with Gasteiger partial charge in [-0.05, 0) is 44.9 Å². The van der Waals surface area contributed by atoms with Crippen molar-refractivity contribution in [2.75, 3.05) is 13.2 Å². The van der Waals surface area contributed by atoms with Crippen molar-refractivity contribution in [3.8, 4) is 0 Å². The maximum atomic E-state index is 12.9. The second-order valence-electron chi connectivity index (χ2n) is 23.4. The summed E-state index contributed by atoms with van der Waals surface area (Å²) in [6, 6.07) is 0. The van der Waals surface area contributed by atoms with E-state index >= 15 is 0 Å². The van der Waals surface area contributed by atoms with E-state index in [0.717, 1.165) is 70.6 Å². The van der Waals surface area contributed by atoms with Crippen molar-refractivity contribution in [3.05, 3.63) is 60.8 Å². The second-order valence-corrected chi connectivity index (χ2v) is 23.4. The van der Waals surface area contributed by atoms with Crippen LogP contribution in [0.15, 0.2) is 60.8 Å². The number of allylic oxidation sites excluding steroid dienone is 9. The van der Waals surface area contributed by atoms with Crippen LogP contribution in [0, 0.1) is 0 Å². The topological polar surface area (TPSA) is 78.9 Å². The molecule has 460 valence electrons. The Morgan fingerprint density at radius 1 is 0.266 bits per heavy atom. The van der Waals surface area contributed by atoms with Crippen molar-refractivity contribution in [2.24, 2.45) is 0 Å². The molecule has 0 saturated carbocycles. The third-order valence-electron chi connectivity index (χ3n) is 15.6. The van der Waals surface area contributed by atoms with Crippen LogP contribution in [0.3, 0.4) is 0 Å². The summed E-state index contributed by atoms with van der Waals surface area (Å²) < 4.78 is 16.9. The van der Waals surface area contributed by atoms with Crippen LogP contribution < -0.4 is 0 Å². The van der Waals surface area contributed by atoms with Crippen molar-refractivity contribution in [2.45, 2.75) is 374 Å². The highest BCUT2D eigenvalue weighted by Gasteiger charge is 2.19. The van der Waals surface area contributed by atoms with Crippen molar-refractivity contribution in [1.29, 1.82) is 0 Å². The van der Waals surface area contributed by atoms with Gasteiger partial charge in [0, 0.05) is 12.8 Å². The molecule has 6 heteroatoms. The summed E-state index contributed by atoms with van der Waals surface area (Å²) in [6.45, 7) is 6.51. The Morgan fingerprint density at radius 2 is 0.494 bits per heavy atom. The van der Waals surface area contributed by atoms with Gasteiger partial charge in [0.1, 0.15) is 13.2 Å². The van der Waals surface area contributed by atoms with Crippen molar-refractivity contribution < 1.29 is 28.6 Å². The van der Waals surface area contributed by atoms with E-state index in [1.54, 1.807) is 0 Å². The van der Waals surface area contributed by atoms with Crippen molar-refractivity contribution in [3.63, 3.8) is 0 Å². The van der Waals surface area contributed by atoms with E-state index in [2.05, 4.69) is 69.4 Å². The maximum absolute atomic E-state index is 12.9. The maximum Gasteiger partial charge on any atom is 0.309 e. The van der Waals surface area contributed by atoms with E-state index in [0.29, 0.717) is 12.8 Å². The van der Waals surface area contributed by atoms with Crippen molar-refractivity contribution in [1.82, 2.24) is 0 Å². The van der Waals surface area contributed by atoms with E-state index in [1.165, 1.54) is 257 Å². The minimum absolute atomic E-state index is 0.0989. The van der Waals surface area contributed by atoms with Crippen LogP contribution in [-0.2, 0) is 28.6 Å². The van der Waals surface area contributed by atoms with Gasteiger partial charge in [0.25, 0.3) is 0 Å². The summed E-state index contributed by atoms with van der Waals surface area (Å²) in [4.78, 5) is 38.3. The summed E-state index contributed by atoms with van der Waals surface area (Å²) in [5.74, 6) is -1.01. The summed E-state index contributed by atoms with van der Waals surface area (Å²) in [5, 5.41) is 0. The highest BCUT2D eigenvalue weighted by atomic mass is 16.6. The number of carbonyl (C=O) groups is 3. The molecule has 0 aliphatic rings. The first-order valence-electron chi connectivity index (χ1n) is 34.8. The van der Waals surface area contributed by atoms with Gasteiger partial charge in [-0.1, -0.05) is 364 Å². The Bertz CT molecular complexity index is 1410. The molecule has 0 fully saturated rings. The van der Waals surface area contributed by atoms with E-state index < -0.39 is 12.1 Å². The molecular formula is C73H132O6. The fourth-order valence-corrected chi connectivity index (χ4v) is 10.4. The molecule has 1 unspecified atom stereocenters. The van der Waals surface area contributed by atoms with E-state index in [4.69, 9.17) is 14.2 Å². The third kappa shape index (κ3) is 65.8. The first kappa shape index (κ1) is 76.1. The highest BCUT2D eigenvalue weighted by Crippen LogP contribution is 2.19. The van der Waals surface area contributed by atoms with Crippen LogP contribution in [0.2, 0.25) is 0 Å². The molecule has 0 heterocycles. The zero-order chi connectivity index (χ0) is 57.1. The number of hydrogen-bond donors (Lipinski definition) is 0. The quantitative estimate of drug-likeness (QED) is 0.0261. The van der Waals surface area contributed by atoms with Gasteiger partial charge in [0.05, 0.1) is 6.42 Å². The molecule has 0 saturated heterocycles. The lowest BCUT2D eigenvalue weighted by molar-refractivity contribution is -0.166. The van der Waals surface area contributed by atoms with Crippen LogP contribution in [0.4, 0.5) is 0 Å². The van der Waals surface area contributed by atoms with Gasteiger partial charge < -0.3 is 14.2 Å². The Labute approximate surface area is 491 Å². The van der Waals surface area contributed by atoms with Crippen LogP contribution in [0.5, 0.6) is 0 Å². The average molecular weight is 1110 g/mol. The van der Waals surface area contributed by atoms with E-state index in [-0.39, 0.29) is 31.6 Å². The molecule has 1 atom stereocenters. The molecule has 0 rings (SSSR count). The first-order valence-corrected chi connectivity index (χ1v) is 34.8. The molecule has 6 nitrogen and oxygen atoms in total. The Kier molecular flexibility index (Phi) is 65.1. The lowest BCUT2D eigenvalue weighted by Gasteiger charge is -2.18. The first-order chi connectivity index (χ1) is 39.0. The molecule has 0 amide bonds. The summed E-state index contributed by atoms with van der Waals surface area (Å²) in [5.41, 5.74) is 0.